The summed E-state index contributed by atoms with van der Waals surface area (Å²) in [6, 6.07) is -3.18. The van der Waals surface area contributed by atoms with E-state index in [1.807, 2.05) is 26.8 Å². The van der Waals surface area contributed by atoms with Gasteiger partial charge in [0.1, 0.15) is 0 Å². The SMILES string of the molecule is CCC/C=C/CCC[N+](C(CCC)C(=O)O)(C(CCC)C(=O)O)C(CCC)C(=O)O. The van der Waals surface area contributed by atoms with Gasteiger partial charge in [-0.05, 0) is 32.1 Å². The van der Waals surface area contributed by atoms with Gasteiger partial charge < -0.3 is 15.3 Å². The molecule has 0 aromatic heterocycles. The number of hydrogen-bond donors (Lipinski definition) is 3. The minimum absolute atomic E-state index is 0.224. The number of aliphatic carboxylic acids is 3. The Morgan fingerprint density at radius 3 is 1.33 bits per heavy atom. The molecule has 7 nitrogen and oxygen atoms in total. The maximum atomic E-state index is 12.4. The van der Waals surface area contributed by atoms with Crippen LogP contribution in [0.15, 0.2) is 12.2 Å². The van der Waals surface area contributed by atoms with E-state index in [2.05, 4.69) is 13.0 Å². The quantitative estimate of drug-likeness (QED) is 0.166. The molecule has 0 heterocycles. The largest absolute Gasteiger partial charge is 0.477 e. The Balaban J connectivity index is 6.50. The number of hydrogen-bond acceptors (Lipinski definition) is 3. The first-order valence-corrected chi connectivity index (χ1v) is 11.4. The Morgan fingerprint density at radius 1 is 0.667 bits per heavy atom. The second-order valence-electron chi connectivity index (χ2n) is 8.05. The Morgan fingerprint density at radius 2 is 1.03 bits per heavy atom. The van der Waals surface area contributed by atoms with E-state index in [9.17, 15) is 29.7 Å². The van der Waals surface area contributed by atoms with Gasteiger partial charge in [0.25, 0.3) is 0 Å². The van der Waals surface area contributed by atoms with Gasteiger partial charge in [-0.2, -0.15) is 0 Å². The van der Waals surface area contributed by atoms with E-state index < -0.39 is 40.5 Å². The summed E-state index contributed by atoms with van der Waals surface area (Å²) in [4.78, 5) is 37.1. The molecular weight excluding hydrogens is 386 g/mol. The maximum Gasteiger partial charge on any atom is 0.362 e. The number of rotatable bonds is 18. The van der Waals surface area contributed by atoms with Crippen LogP contribution in [-0.2, 0) is 14.4 Å². The normalized spacial score (nSPS) is 16.7. The zero-order valence-corrected chi connectivity index (χ0v) is 19.2. The van der Waals surface area contributed by atoms with Crippen molar-refractivity contribution in [3.63, 3.8) is 0 Å². The first-order chi connectivity index (χ1) is 14.2. The van der Waals surface area contributed by atoms with Gasteiger partial charge in [0, 0.05) is 25.7 Å². The van der Waals surface area contributed by atoms with Crippen LogP contribution in [-0.4, -0.2) is 62.4 Å². The molecule has 0 aromatic carbocycles. The molecule has 0 aromatic rings. The van der Waals surface area contributed by atoms with Gasteiger partial charge in [0.05, 0.1) is 6.54 Å². The van der Waals surface area contributed by atoms with E-state index in [4.69, 9.17) is 0 Å². The highest BCUT2D eigenvalue weighted by molar-refractivity contribution is 5.78. The van der Waals surface area contributed by atoms with Crippen LogP contribution in [0.2, 0.25) is 0 Å². The molecule has 0 rings (SSSR count). The molecule has 0 aliphatic rings. The van der Waals surface area contributed by atoms with Gasteiger partial charge in [-0.3, -0.25) is 4.48 Å². The third kappa shape index (κ3) is 7.74. The van der Waals surface area contributed by atoms with Crippen molar-refractivity contribution in [1.29, 1.82) is 0 Å². The number of unbranched alkanes of at least 4 members (excludes halogenated alkanes) is 2. The summed E-state index contributed by atoms with van der Waals surface area (Å²) >= 11 is 0. The van der Waals surface area contributed by atoms with Gasteiger partial charge in [0.2, 0.25) is 0 Å². The number of nitrogens with zero attached hydrogens (tertiary/aromatic N) is 1. The van der Waals surface area contributed by atoms with Crippen LogP contribution >= 0.6 is 0 Å². The summed E-state index contributed by atoms with van der Waals surface area (Å²) in [5, 5.41) is 30.3. The van der Waals surface area contributed by atoms with Crippen LogP contribution in [0.5, 0.6) is 0 Å². The van der Waals surface area contributed by atoms with Gasteiger partial charge in [-0.1, -0.05) is 46.3 Å². The molecule has 7 heteroatoms. The van der Waals surface area contributed by atoms with E-state index in [-0.39, 0.29) is 25.8 Å². The Hall–Kier alpha value is -1.89. The van der Waals surface area contributed by atoms with Crippen molar-refractivity contribution in [2.75, 3.05) is 6.54 Å². The molecule has 3 unspecified atom stereocenters. The Kier molecular flexibility index (Phi) is 14.0. The highest BCUT2D eigenvalue weighted by atomic mass is 16.4. The van der Waals surface area contributed by atoms with Crippen LogP contribution in [0.25, 0.3) is 0 Å². The summed E-state index contributed by atoms with van der Waals surface area (Å²) in [6.45, 7) is 7.86. The zero-order valence-electron chi connectivity index (χ0n) is 19.2. The first-order valence-electron chi connectivity index (χ1n) is 11.4. The summed E-state index contributed by atoms with van der Waals surface area (Å²) in [5.41, 5.74) is 0. The predicted molar refractivity (Wildman–Crippen MR) is 117 cm³/mol. The molecule has 0 amide bonds. The molecule has 0 aliphatic carbocycles. The monoisotopic (exact) mass is 428 g/mol. The molecule has 0 bridgehead atoms. The van der Waals surface area contributed by atoms with Crippen molar-refractivity contribution in [2.24, 2.45) is 0 Å². The van der Waals surface area contributed by atoms with Gasteiger partial charge >= 0.3 is 17.9 Å². The zero-order chi connectivity index (χ0) is 23.2. The molecule has 3 atom stereocenters. The van der Waals surface area contributed by atoms with Gasteiger partial charge in [-0.25, -0.2) is 14.4 Å². The maximum absolute atomic E-state index is 12.4. The Bertz CT molecular complexity index is 500. The molecule has 0 fully saturated rings. The average molecular weight is 429 g/mol. The Labute approximate surface area is 181 Å². The van der Waals surface area contributed by atoms with E-state index in [1.165, 1.54) is 0 Å². The molecule has 0 saturated heterocycles. The number of carboxylic acid groups (broad SMARTS) is 3. The molecular formula is C23H42NO6+. The lowest BCUT2D eigenvalue weighted by molar-refractivity contribution is -0.973. The fraction of sp³-hybridized carbons (Fsp3) is 0.783. The molecule has 0 aliphatic heterocycles. The number of quaternary nitrogens is 1. The second-order valence-corrected chi connectivity index (χ2v) is 8.05. The van der Waals surface area contributed by atoms with Gasteiger partial charge in [-0.15, -0.1) is 0 Å². The summed E-state index contributed by atoms with van der Waals surface area (Å²) in [6.07, 6.45) is 9.70. The van der Waals surface area contributed by atoms with Crippen LogP contribution in [0.1, 0.15) is 91.9 Å². The fourth-order valence-corrected chi connectivity index (χ4v) is 4.53. The standard InChI is InChI=1S/C23H41NO6/c1-5-9-10-11-12-13-17-24(18(14-6-2)21(25)26,19(15-7-3)22(27)28)20(16-8-4)23(29)30/h10-11,18-20H,5-9,12-17H2,1-4H3,(H2-,25,26,27,28,29,30)/p+1/b11-10+. The lowest BCUT2D eigenvalue weighted by Crippen LogP contribution is -2.72. The van der Waals surface area contributed by atoms with E-state index in [0.717, 1.165) is 12.8 Å². The summed E-state index contributed by atoms with van der Waals surface area (Å²) in [7, 11) is 0. The summed E-state index contributed by atoms with van der Waals surface area (Å²) in [5.74, 6) is -3.32. The molecule has 0 spiro atoms. The highest BCUT2D eigenvalue weighted by Crippen LogP contribution is 2.34. The third-order valence-corrected chi connectivity index (χ3v) is 5.82. The van der Waals surface area contributed by atoms with Crippen LogP contribution in [0.4, 0.5) is 0 Å². The van der Waals surface area contributed by atoms with E-state index in [0.29, 0.717) is 32.1 Å². The summed E-state index contributed by atoms with van der Waals surface area (Å²) < 4.78 is -0.406. The van der Waals surface area contributed by atoms with Crippen molar-refractivity contribution in [1.82, 2.24) is 0 Å². The highest BCUT2D eigenvalue weighted by Gasteiger charge is 2.56. The van der Waals surface area contributed by atoms with Crippen molar-refractivity contribution in [3.8, 4) is 0 Å². The fourth-order valence-electron chi connectivity index (χ4n) is 4.53. The number of carboxylic acids is 3. The van der Waals surface area contributed by atoms with E-state index >= 15 is 0 Å². The van der Waals surface area contributed by atoms with Crippen molar-refractivity contribution < 1.29 is 34.2 Å². The first kappa shape index (κ1) is 28.1. The van der Waals surface area contributed by atoms with Crippen LogP contribution < -0.4 is 0 Å². The topological polar surface area (TPSA) is 112 Å². The smallest absolute Gasteiger partial charge is 0.362 e. The van der Waals surface area contributed by atoms with Crippen molar-refractivity contribution in [2.45, 2.75) is 110 Å². The lowest BCUT2D eigenvalue weighted by Gasteiger charge is -2.50. The third-order valence-electron chi connectivity index (χ3n) is 5.82. The number of allylic oxidation sites excluding steroid dienone is 2. The van der Waals surface area contributed by atoms with Gasteiger partial charge in [0.15, 0.2) is 18.1 Å². The molecule has 30 heavy (non-hydrogen) atoms. The second kappa shape index (κ2) is 15.0. The van der Waals surface area contributed by atoms with E-state index in [1.54, 1.807) is 0 Å². The lowest BCUT2D eigenvalue weighted by atomic mass is 9.91. The molecule has 3 N–H and O–H groups in total. The molecule has 0 radical (unpaired) electrons. The molecule has 0 saturated carbocycles. The van der Waals surface area contributed by atoms with Crippen molar-refractivity contribution >= 4 is 17.9 Å². The van der Waals surface area contributed by atoms with Crippen molar-refractivity contribution in [3.05, 3.63) is 12.2 Å². The minimum Gasteiger partial charge on any atom is -0.477 e. The van der Waals surface area contributed by atoms with Crippen LogP contribution in [0.3, 0.4) is 0 Å². The minimum atomic E-state index is -1.11. The number of carbonyl (C=O) groups is 3. The van der Waals surface area contributed by atoms with Crippen LogP contribution in [0, 0.1) is 0 Å². The predicted octanol–water partition coefficient (Wildman–Crippen LogP) is 4.70. The average Bonchev–Trinajstić information content (AvgIpc) is 2.68. The molecule has 174 valence electrons.